The molecule has 1 heterocycles. The van der Waals surface area contributed by atoms with Gasteiger partial charge in [-0.25, -0.2) is 4.68 Å². The van der Waals surface area contributed by atoms with E-state index in [1.807, 2.05) is 36.4 Å². The van der Waals surface area contributed by atoms with Gasteiger partial charge in [0.05, 0.1) is 11.2 Å². The van der Waals surface area contributed by atoms with Crippen LogP contribution in [0.3, 0.4) is 0 Å². The number of carbonyl (C=O) groups is 1. The second-order valence-electron chi connectivity index (χ2n) is 4.89. The van der Waals surface area contributed by atoms with Crippen molar-refractivity contribution in [2.45, 2.75) is 6.54 Å². The van der Waals surface area contributed by atoms with E-state index in [-0.39, 0.29) is 12.5 Å². The van der Waals surface area contributed by atoms with Crippen molar-refractivity contribution in [2.24, 2.45) is 0 Å². The van der Waals surface area contributed by atoms with Crippen LogP contribution in [0.15, 0.2) is 55.1 Å². The zero-order valence-corrected chi connectivity index (χ0v) is 12.9. The van der Waals surface area contributed by atoms with Gasteiger partial charge in [-0.1, -0.05) is 47.7 Å². The molecule has 0 atom stereocenters. The highest BCUT2D eigenvalue weighted by atomic mass is 35.5. The van der Waals surface area contributed by atoms with Crippen molar-refractivity contribution in [1.82, 2.24) is 25.8 Å². The lowest BCUT2D eigenvalue weighted by Crippen LogP contribution is -2.38. The van der Waals surface area contributed by atoms with Crippen LogP contribution in [0, 0.1) is 0 Å². The number of nitrogens with zero attached hydrogens (tertiary/aromatic N) is 3. The van der Waals surface area contributed by atoms with Crippen molar-refractivity contribution in [1.29, 1.82) is 0 Å². The maximum atomic E-state index is 12.0. The predicted octanol–water partition coefficient (Wildman–Crippen LogP) is 2.38. The number of fused-ring (bicyclic) bond motifs is 1. The van der Waals surface area contributed by atoms with Crippen LogP contribution in [-0.4, -0.2) is 20.9 Å². The molecule has 0 spiro atoms. The number of benzene rings is 2. The Hall–Kier alpha value is -2.86. The Balaban J connectivity index is 1.59. The Morgan fingerprint density at radius 1 is 1.13 bits per heavy atom. The summed E-state index contributed by atoms with van der Waals surface area (Å²) >= 11 is 5.84. The van der Waals surface area contributed by atoms with Gasteiger partial charge in [-0.2, -0.15) is 0 Å². The lowest BCUT2D eigenvalue weighted by molar-refractivity contribution is -0.122. The van der Waals surface area contributed by atoms with Crippen molar-refractivity contribution >= 4 is 34.2 Å². The molecule has 3 aromatic rings. The summed E-state index contributed by atoms with van der Waals surface area (Å²) < 4.78 is 1.54. The minimum atomic E-state index is -0.254. The first-order valence-corrected chi connectivity index (χ1v) is 7.29. The molecule has 0 radical (unpaired) electrons. The number of carbonyl (C=O) groups excluding carboxylic acids is 1. The third-order valence-electron chi connectivity index (χ3n) is 3.26. The summed E-state index contributed by atoms with van der Waals surface area (Å²) in [5.74, 6) is -0.254. The van der Waals surface area contributed by atoms with E-state index in [0.29, 0.717) is 10.7 Å². The first-order chi connectivity index (χ1) is 11.1. The number of halogens is 1. The van der Waals surface area contributed by atoms with E-state index < -0.39 is 0 Å². The highest BCUT2D eigenvalue weighted by Gasteiger charge is 2.08. The second-order valence-corrected chi connectivity index (χ2v) is 5.33. The Morgan fingerprint density at radius 3 is 2.65 bits per heavy atom. The average molecular weight is 328 g/mol. The number of nitrogens with one attached hydrogen (secondary N) is 2. The summed E-state index contributed by atoms with van der Waals surface area (Å²) in [5.41, 5.74) is 8.32. The molecule has 3 rings (SSSR count). The topological polar surface area (TPSA) is 71.8 Å². The Labute approximate surface area is 137 Å². The van der Waals surface area contributed by atoms with Crippen molar-refractivity contribution in [2.75, 3.05) is 0 Å². The molecule has 0 saturated carbocycles. The molecular weight excluding hydrogens is 314 g/mol. The van der Waals surface area contributed by atoms with Gasteiger partial charge < -0.3 is 0 Å². The molecule has 0 saturated heterocycles. The van der Waals surface area contributed by atoms with Crippen molar-refractivity contribution < 1.29 is 4.79 Å². The highest BCUT2D eigenvalue weighted by Crippen LogP contribution is 2.13. The van der Waals surface area contributed by atoms with Crippen LogP contribution in [0.25, 0.3) is 16.7 Å². The van der Waals surface area contributed by atoms with Crippen LogP contribution in [0.5, 0.6) is 0 Å². The van der Waals surface area contributed by atoms with Crippen molar-refractivity contribution in [3.05, 3.63) is 65.7 Å². The van der Waals surface area contributed by atoms with Crippen LogP contribution in [-0.2, 0) is 11.3 Å². The zero-order valence-electron chi connectivity index (χ0n) is 12.2. The summed E-state index contributed by atoms with van der Waals surface area (Å²) in [5, 5.41) is 8.62. The fourth-order valence-electron chi connectivity index (χ4n) is 2.08. The first kappa shape index (κ1) is 15.1. The van der Waals surface area contributed by atoms with Gasteiger partial charge in [-0.05, 0) is 29.8 Å². The van der Waals surface area contributed by atoms with E-state index in [9.17, 15) is 4.79 Å². The molecule has 7 heteroatoms. The number of amides is 1. The molecule has 6 nitrogen and oxygen atoms in total. The molecular formula is C16H14ClN5O. The minimum absolute atomic E-state index is 0.0570. The standard InChI is InChI=1S/C16H14ClN5O/c1-11(12-6-8-13(17)9-7-12)18-20-16(23)10-22-15-5-3-2-4-14(15)19-21-22/h2-9,18H,1,10H2,(H,20,23). The Bertz CT molecular complexity index is 856. The highest BCUT2D eigenvalue weighted by molar-refractivity contribution is 6.30. The van der Waals surface area contributed by atoms with Gasteiger partial charge in [-0.3, -0.25) is 15.6 Å². The summed E-state index contributed by atoms with van der Waals surface area (Å²) in [7, 11) is 0. The molecule has 1 aromatic heterocycles. The number of rotatable bonds is 5. The maximum Gasteiger partial charge on any atom is 0.260 e. The van der Waals surface area contributed by atoms with Crippen LogP contribution in [0.2, 0.25) is 5.02 Å². The third-order valence-corrected chi connectivity index (χ3v) is 3.51. The van der Waals surface area contributed by atoms with Crippen LogP contribution < -0.4 is 10.9 Å². The minimum Gasteiger partial charge on any atom is -0.299 e. The van der Waals surface area contributed by atoms with E-state index in [1.165, 1.54) is 4.68 Å². The monoisotopic (exact) mass is 327 g/mol. The largest absolute Gasteiger partial charge is 0.299 e. The molecule has 0 bridgehead atoms. The summed E-state index contributed by atoms with van der Waals surface area (Å²) in [6, 6.07) is 14.6. The van der Waals surface area contributed by atoms with E-state index in [2.05, 4.69) is 27.7 Å². The van der Waals surface area contributed by atoms with Crippen LogP contribution >= 0.6 is 11.6 Å². The van der Waals surface area contributed by atoms with E-state index in [1.54, 1.807) is 12.1 Å². The van der Waals surface area contributed by atoms with Crippen LogP contribution in [0.1, 0.15) is 5.56 Å². The van der Waals surface area contributed by atoms with E-state index in [4.69, 9.17) is 11.6 Å². The van der Waals surface area contributed by atoms with Gasteiger partial charge in [0, 0.05) is 5.02 Å². The van der Waals surface area contributed by atoms with Gasteiger partial charge in [0.25, 0.3) is 5.91 Å². The summed E-state index contributed by atoms with van der Waals surface area (Å²) in [4.78, 5) is 12.0. The molecule has 2 N–H and O–H groups in total. The Morgan fingerprint density at radius 2 is 1.87 bits per heavy atom. The van der Waals surface area contributed by atoms with Gasteiger partial charge in [-0.15, -0.1) is 5.10 Å². The SMILES string of the molecule is C=C(NNC(=O)Cn1nnc2ccccc21)c1ccc(Cl)cc1. The van der Waals surface area contributed by atoms with Crippen LogP contribution in [0.4, 0.5) is 0 Å². The van der Waals surface area contributed by atoms with Crippen molar-refractivity contribution in [3.8, 4) is 0 Å². The number of hydrogen-bond donors (Lipinski definition) is 2. The Kier molecular flexibility index (Phi) is 4.25. The number of aromatic nitrogens is 3. The summed E-state index contributed by atoms with van der Waals surface area (Å²) in [6.45, 7) is 3.93. The number of para-hydroxylation sites is 1. The quantitative estimate of drug-likeness (QED) is 0.706. The van der Waals surface area contributed by atoms with Crippen molar-refractivity contribution in [3.63, 3.8) is 0 Å². The fraction of sp³-hybridized carbons (Fsp3) is 0.0625. The number of hydrogen-bond acceptors (Lipinski definition) is 4. The smallest absolute Gasteiger partial charge is 0.260 e. The molecule has 1 amide bonds. The molecule has 0 fully saturated rings. The van der Waals surface area contributed by atoms with E-state index >= 15 is 0 Å². The predicted molar refractivity (Wildman–Crippen MR) is 89.3 cm³/mol. The number of hydrazine groups is 1. The van der Waals surface area contributed by atoms with Gasteiger partial charge in [0.15, 0.2) is 0 Å². The maximum absolute atomic E-state index is 12.0. The van der Waals surface area contributed by atoms with E-state index in [0.717, 1.165) is 16.6 Å². The molecule has 2 aromatic carbocycles. The fourth-order valence-corrected chi connectivity index (χ4v) is 2.20. The van der Waals surface area contributed by atoms with Gasteiger partial charge in [0.2, 0.25) is 0 Å². The third kappa shape index (κ3) is 3.49. The lowest BCUT2D eigenvalue weighted by Gasteiger charge is -2.11. The lowest BCUT2D eigenvalue weighted by atomic mass is 10.2. The zero-order chi connectivity index (χ0) is 16.2. The molecule has 0 aliphatic heterocycles. The molecule has 23 heavy (non-hydrogen) atoms. The molecule has 116 valence electrons. The average Bonchev–Trinajstić information content (AvgIpc) is 2.96. The molecule has 0 aliphatic carbocycles. The first-order valence-electron chi connectivity index (χ1n) is 6.91. The molecule has 0 unspecified atom stereocenters. The molecule has 0 aliphatic rings. The normalized spacial score (nSPS) is 10.5. The van der Waals surface area contributed by atoms with Gasteiger partial charge >= 0.3 is 0 Å². The second kappa shape index (κ2) is 6.50. The summed E-state index contributed by atoms with van der Waals surface area (Å²) in [6.07, 6.45) is 0. The van der Waals surface area contributed by atoms with Gasteiger partial charge in [0.1, 0.15) is 12.1 Å².